The fraction of sp³-hybridized carbons (Fsp3) is 0.350. The van der Waals surface area contributed by atoms with E-state index in [-0.39, 0.29) is 23.3 Å². The lowest BCUT2D eigenvalue weighted by Gasteiger charge is -2.35. The van der Waals surface area contributed by atoms with Gasteiger partial charge in [-0.2, -0.15) is 0 Å². The van der Waals surface area contributed by atoms with Crippen molar-refractivity contribution in [3.63, 3.8) is 0 Å². The Morgan fingerprint density at radius 1 is 1.20 bits per heavy atom. The van der Waals surface area contributed by atoms with Crippen LogP contribution in [-0.4, -0.2) is 19.5 Å². The number of benzene rings is 2. The number of hydrogen-bond acceptors (Lipinski definition) is 4. The summed E-state index contributed by atoms with van der Waals surface area (Å²) in [4.78, 5) is 11.1. The van der Waals surface area contributed by atoms with E-state index < -0.39 is 12.1 Å². The van der Waals surface area contributed by atoms with Crippen molar-refractivity contribution in [3.05, 3.63) is 65.0 Å². The summed E-state index contributed by atoms with van der Waals surface area (Å²) in [7, 11) is 0. The third-order valence-electron chi connectivity index (χ3n) is 3.96. The molecule has 0 saturated carbocycles. The molecule has 0 aliphatic carbocycles. The van der Waals surface area contributed by atoms with Gasteiger partial charge in [-0.15, -0.1) is 0 Å². The minimum atomic E-state index is -0.756. The van der Waals surface area contributed by atoms with E-state index in [1.165, 1.54) is 0 Å². The summed E-state index contributed by atoms with van der Waals surface area (Å²) in [5.74, 6) is -0.549. The molecule has 132 valence electrons. The first-order valence-corrected chi connectivity index (χ1v) is 8.17. The van der Waals surface area contributed by atoms with Gasteiger partial charge in [0.25, 0.3) is 0 Å². The zero-order chi connectivity index (χ0) is 17.9. The number of halogens is 1. The molecule has 1 aliphatic heterocycles. The lowest BCUT2D eigenvalue weighted by atomic mass is 9.95. The van der Waals surface area contributed by atoms with Gasteiger partial charge in [-0.3, -0.25) is 4.79 Å². The van der Waals surface area contributed by atoms with E-state index in [4.69, 9.17) is 14.2 Å². The molecule has 25 heavy (non-hydrogen) atoms. The van der Waals surface area contributed by atoms with Crippen molar-refractivity contribution in [2.24, 2.45) is 5.41 Å². The molecule has 0 N–H and O–H groups in total. The summed E-state index contributed by atoms with van der Waals surface area (Å²) in [6.45, 7) is 5.21. The van der Waals surface area contributed by atoms with Crippen molar-refractivity contribution in [2.75, 3.05) is 13.2 Å². The van der Waals surface area contributed by atoms with E-state index in [0.29, 0.717) is 25.1 Å². The van der Waals surface area contributed by atoms with Gasteiger partial charge < -0.3 is 14.2 Å². The molecule has 1 aliphatic rings. The molecule has 5 heteroatoms. The second-order valence-electron chi connectivity index (χ2n) is 6.93. The number of ether oxygens (including phenoxy) is 3. The lowest BCUT2D eigenvalue weighted by molar-refractivity contribution is -0.226. The number of carbonyl (C=O) groups is 1. The molecule has 1 fully saturated rings. The highest BCUT2D eigenvalue weighted by Gasteiger charge is 2.32. The largest absolute Gasteiger partial charge is 0.485 e. The van der Waals surface area contributed by atoms with Gasteiger partial charge in [0.15, 0.2) is 17.9 Å². The Bertz CT molecular complexity index is 733. The van der Waals surface area contributed by atoms with E-state index in [2.05, 4.69) is 0 Å². The van der Waals surface area contributed by atoms with Gasteiger partial charge in [-0.05, 0) is 17.7 Å². The molecule has 3 rings (SSSR count). The Morgan fingerprint density at radius 2 is 1.88 bits per heavy atom. The molecule has 1 saturated heterocycles. The molecule has 0 amide bonds. The Hall–Kier alpha value is -2.24. The highest BCUT2D eigenvalue weighted by molar-refractivity contribution is 5.75. The van der Waals surface area contributed by atoms with Gasteiger partial charge in [0.1, 0.15) is 12.9 Å². The molecule has 0 unspecified atom stereocenters. The molecule has 0 radical (unpaired) electrons. The number of hydrogen-bond donors (Lipinski definition) is 0. The van der Waals surface area contributed by atoms with Crippen molar-refractivity contribution in [1.29, 1.82) is 0 Å². The molecular formula is C20H21FO4. The Morgan fingerprint density at radius 3 is 2.52 bits per heavy atom. The summed E-state index contributed by atoms with van der Waals surface area (Å²) in [5.41, 5.74) is 1.42. The van der Waals surface area contributed by atoms with Crippen molar-refractivity contribution < 1.29 is 23.4 Å². The van der Waals surface area contributed by atoms with Crippen LogP contribution in [0.5, 0.6) is 5.75 Å². The first kappa shape index (κ1) is 17.6. The van der Waals surface area contributed by atoms with E-state index in [9.17, 15) is 9.18 Å². The van der Waals surface area contributed by atoms with Crippen molar-refractivity contribution in [1.82, 2.24) is 0 Å². The van der Waals surface area contributed by atoms with Crippen LogP contribution in [-0.2, 0) is 16.1 Å². The van der Waals surface area contributed by atoms with Crippen LogP contribution >= 0.6 is 0 Å². The average Bonchev–Trinajstić information content (AvgIpc) is 2.61. The van der Waals surface area contributed by atoms with Crippen molar-refractivity contribution >= 4 is 6.29 Å². The van der Waals surface area contributed by atoms with Crippen LogP contribution in [0.25, 0.3) is 0 Å². The van der Waals surface area contributed by atoms with Gasteiger partial charge in [0, 0.05) is 11.0 Å². The number of aldehydes is 1. The SMILES string of the molecule is CC1(C)COC(c2cc(C=O)cc(F)c2OCc2ccccc2)OC1. The van der Waals surface area contributed by atoms with Crippen LogP contribution in [0.1, 0.15) is 41.6 Å². The smallest absolute Gasteiger partial charge is 0.187 e. The first-order chi connectivity index (χ1) is 12.0. The normalized spacial score (nSPS) is 17.2. The fourth-order valence-corrected chi connectivity index (χ4v) is 2.63. The summed E-state index contributed by atoms with van der Waals surface area (Å²) in [6, 6.07) is 12.2. The molecule has 4 nitrogen and oxygen atoms in total. The molecule has 0 aromatic heterocycles. The van der Waals surface area contributed by atoms with Gasteiger partial charge in [0.2, 0.25) is 0 Å². The molecule has 0 bridgehead atoms. The van der Waals surface area contributed by atoms with Crippen molar-refractivity contribution in [3.8, 4) is 5.75 Å². The minimum Gasteiger partial charge on any atom is -0.485 e. The van der Waals surface area contributed by atoms with Gasteiger partial charge in [0.05, 0.1) is 18.8 Å². The second kappa shape index (κ2) is 7.33. The summed E-state index contributed by atoms with van der Waals surface area (Å²) in [6.07, 6.45) is -0.159. The highest BCUT2D eigenvalue weighted by Crippen LogP contribution is 2.37. The topological polar surface area (TPSA) is 44.8 Å². The van der Waals surface area contributed by atoms with E-state index in [0.717, 1.165) is 11.6 Å². The average molecular weight is 344 g/mol. The van der Waals surface area contributed by atoms with Crippen molar-refractivity contribution in [2.45, 2.75) is 26.7 Å². The Kier molecular flexibility index (Phi) is 5.16. The fourth-order valence-electron chi connectivity index (χ4n) is 2.63. The van der Waals surface area contributed by atoms with E-state index >= 15 is 0 Å². The minimum absolute atomic E-state index is 0.0548. The molecule has 2 aromatic rings. The van der Waals surface area contributed by atoms with Crippen LogP contribution in [0.15, 0.2) is 42.5 Å². The summed E-state index contributed by atoms with van der Waals surface area (Å²) < 4.78 is 31.7. The number of rotatable bonds is 5. The Labute approximate surface area is 146 Å². The number of carbonyl (C=O) groups excluding carboxylic acids is 1. The predicted molar refractivity (Wildman–Crippen MR) is 91.0 cm³/mol. The monoisotopic (exact) mass is 344 g/mol. The van der Waals surface area contributed by atoms with Crippen LogP contribution in [0.3, 0.4) is 0 Å². The van der Waals surface area contributed by atoms with Crippen LogP contribution in [0, 0.1) is 11.2 Å². The lowest BCUT2D eigenvalue weighted by Crippen LogP contribution is -2.34. The van der Waals surface area contributed by atoms with Crippen LogP contribution < -0.4 is 4.74 Å². The zero-order valence-electron chi connectivity index (χ0n) is 14.3. The van der Waals surface area contributed by atoms with Crippen LogP contribution in [0.2, 0.25) is 0 Å². The second-order valence-corrected chi connectivity index (χ2v) is 6.93. The van der Waals surface area contributed by atoms with E-state index in [1.807, 2.05) is 44.2 Å². The molecular weight excluding hydrogens is 323 g/mol. The standard InChI is InChI=1S/C20H21FO4/c1-20(2)12-24-19(25-13-20)16-8-15(10-22)9-17(21)18(16)23-11-14-6-4-3-5-7-14/h3-10,19H,11-13H2,1-2H3. The maximum atomic E-state index is 14.5. The van der Waals surface area contributed by atoms with Crippen LogP contribution in [0.4, 0.5) is 4.39 Å². The van der Waals surface area contributed by atoms with Gasteiger partial charge >= 0.3 is 0 Å². The quantitative estimate of drug-likeness (QED) is 0.759. The molecule has 1 heterocycles. The predicted octanol–water partition coefficient (Wildman–Crippen LogP) is 4.29. The third kappa shape index (κ3) is 4.24. The summed E-state index contributed by atoms with van der Waals surface area (Å²) in [5, 5.41) is 0. The van der Waals surface area contributed by atoms with Gasteiger partial charge in [-0.1, -0.05) is 44.2 Å². The molecule has 2 aromatic carbocycles. The first-order valence-electron chi connectivity index (χ1n) is 8.17. The molecule has 0 atom stereocenters. The zero-order valence-corrected chi connectivity index (χ0v) is 14.3. The van der Waals surface area contributed by atoms with Gasteiger partial charge in [-0.25, -0.2) is 4.39 Å². The third-order valence-corrected chi connectivity index (χ3v) is 3.96. The maximum Gasteiger partial charge on any atom is 0.187 e. The summed E-state index contributed by atoms with van der Waals surface area (Å²) >= 11 is 0. The Balaban J connectivity index is 1.87. The maximum absolute atomic E-state index is 14.5. The van der Waals surface area contributed by atoms with E-state index in [1.54, 1.807) is 6.07 Å². The molecule has 0 spiro atoms. The highest BCUT2D eigenvalue weighted by atomic mass is 19.1.